The molecule has 0 spiro atoms. The Hall–Kier alpha value is -2.75. The highest BCUT2D eigenvalue weighted by molar-refractivity contribution is 5.71. The van der Waals surface area contributed by atoms with Gasteiger partial charge in [-0.2, -0.15) is 0 Å². The van der Waals surface area contributed by atoms with Crippen LogP contribution >= 0.6 is 0 Å². The first-order chi connectivity index (χ1) is 42.1. The van der Waals surface area contributed by atoms with Crippen LogP contribution in [-0.4, -0.2) is 87.4 Å². The minimum atomic E-state index is -1.51. The number of carboxylic acid groups (broad SMARTS) is 1. The minimum Gasteiger partial charge on any atom is -0.477 e. The predicted molar refractivity (Wildman–Crippen MR) is 369 cm³/mol. The fourth-order valence-electron chi connectivity index (χ4n) is 11.2. The van der Waals surface area contributed by atoms with E-state index in [0.717, 1.165) is 70.6 Å². The van der Waals surface area contributed by atoms with Crippen molar-refractivity contribution >= 4 is 17.9 Å². The van der Waals surface area contributed by atoms with Crippen LogP contribution in [0, 0.1) is 0 Å². The Labute approximate surface area is 533 Å². The molecular formula is C77H144NO8+. The van der Waals surface area contributed by atoms with Crippen molar-refractivity contribution < 1.29 is 42.9 Å². The molecule has 1 N–H and O–H groups in total. The number of carbonyl (C=O) groups is 3. The smallest absolute Gasteiger partial charge is 0.361 e. The highest BCUT2D eigenvalue weighted by atomic mass is 16.7. The molecule has 0 aromatic rings. The maximum Gasteiger partial charge on any atom is 0.361 e. The van der Waals surface area contributed by atoms with Gasteiger partial charge in [0.15, 0.2) is 6.10 Å². The van der Waals surface area contributed by atoms with Crippen LogP contribution in [0.4, 0.5) is 0 Å². The number of nitrogens with zero attached hydrogens (tertiary/aromatic N) is 1. The lowest BCUT2D eigenvalue weighted by atomic mass is 10.0. The summed E-state index contributed by atoms with van der Waals surface area (Å²) in [7, 11) is 5.98. The van der Waals surface area contributed by atoms with Gasteiger partial charge >= 0.3 is 17.9 Å². The number of ether oxygens (including phenoxy) is 4. The van der Waals surface area contributed by atoms with Gasteiger partial charge < -0.3 is 28.5 Å². The largest absolute Gasteiger partial charge is 0.477 e. The van der Waals surface area contributed by atoms with Crippen molar-refractivity contribution in [1.82, 2.24) is 0 Å². The van der Waals surface area contributed by atoms with Crippen LogP contribution in [0.3, 0.4) is 0 Å². The van der Waals surface area contributed by atoms with E-state index in [2.05, 4.69) is 62.5 Å². The fourth-order valence-corrected chi connectivity index (χ4v) is 11.2. The van der Waals surface area contributed by atoms with Crippen molar-refractivity contribution in [2.24, 2.45) is 0 Å². The summed E-state index contributed by atoms with van der Waals surface area (Å²) in [6.07, 6.45) is 85.5. The number of carbonyl (C=O) groups excluding carboxylic acids is 2. The Morgan fingerprint density at radius 1 is 0.360 bits per heavy atom. The van der Waals surface area contributed by atoms with Gasteiger partial charge in [-0.15, -0.1) is 0 Å². The standard InChI is InChI=1S/C77H143NO8/c1-6-8-10-12-14-16-18-20-22-24-26-28-29-30-31-32-33-34-35-36-37-38-39-40-41-42-43-44-45-46-48-49-51-53-55-57-59-61-63-65-67-74(79)84-71-73(72-85-77(76(81)82)83-70-69-78(3,4)5)86-75(80)68-66-64-62-60-58-56-54-52-50-47-27-25-23-21-19-17-15-13-11-9-7-2/h9,11,15,17,21,23,27,47,73,77H,6-8,10,12-14,16,18-20,22,24-26,28-46,48-72H2,1-5H3/p+1/b11-9-,17-15-,23-21-,47-27-. The summed E-state index contributed by atoms with van der Waals surface area (Å²) in [6, 6.07) is 0. The summed E-state index contributed by atoms with van der Waals surface area (Å²) in [6.45, 7) is 4.81. The molecule has 0 radical (unpaired) electrons. The Kier molecular flexibility index (Phi) is 66.0. The number of carboxylic acids is 1. The molecule has 0 aliphatic heterocycles. The van der Waals surface area contributed by atoms with Gasteiger partial charge in [-0.1, -0.05) is 351 Å². The molecule has 2 unspecified atom stereocenters. The number of allylic oxidation sites excluding steroid dienone is 8. The minimum absolute atomic E-state index is 0.183. The molecule has 0 aromatic heterocycles. The maximum atomic E-state index is 12.9. The number of unbranched alkanes of at least 4 members (excludes halogenated alkanes) is 47. The van der Waals surface area contributed by atoms with Crippen LogP contribution in [0.1, 0.15) is 367 Å². The topological polar surface area (TPSA) is 108 Å². The maximum absolute atomic E-state index is 12.9. The molecule has 0 aliphatic carbocycles. The molecule has 0 saturated heterocycles. The van der Waals surface area contributed by atoms with Crippen molar-refractivity contribution in [2.75, 3.05) is 47.5 Å². The first-order valence-electron chi connectivity index (χ1n) is 37.3. The van der Waals surface area contributed by atoms with E-state index in [1.54, 1.807) is 0 Å². The first-order valence-corrected chi connectivity index (χ1v) is 37.3. The lowest BCUT2D eigenvalue weighted by Crippen LogP contribution is -2.40. The third-order valence-corrected chi connectivity index (χ3v) is 16.8. The SMILES string of the molecule is CC/C=C\C/C=C\C/C=C\C/C=C\CCCCCCCCCCC(=O)OC(COC(=O)CCCCCCCCCCCCCCCCCCCCCCCCCCCCCCCCCCCCCCCCCC)COC(OCC[N+](C)(C)C)C(=O)O. The molecule has 0 rings (SSSR count). The molecule has 0 heterocycles. The van der Waals surface area contributed by atoms with E-state index in [0.29, 0.717) is 23.9 Å². The molecule has 86 heavy (non-hydrogen) atoms. The van der Waals surface area contributed by atoms with E-state index in [1.165, 1.54) is 263 Å². The van der Waals surface area contributed by atoms with Crippen molar-refractivity contribution in [1.29, 1.82) is 0 Å². The number of esters is 2. The van der Waals surface area contributed by atoms with E-state index < -0.39 is 24.3 Å². The average Bonchev–Trinajstić information content (AvgIpc) is 3.64. The molecule has 0 aliphatic rings. The molecular weight excluding hydrogens is 1070 g/mol. The van der Waals surface area contributed by atoms with E-state index >= 15 is 0 Å². The second kappa shape index (κ2) is 68.2. The molecule has 0 amide bonds. The zero-order chi connectivity index (χ0) is 62.6. The van der Waals surface area contributed by atoms with Crippen LogP contribution in [0.15, 0.2) is 48.6 Å². The Balaban J connectivity index is 3.93. The van der Waals surface area contributed by atoms with Gasteiger partial charge in [-0.3, -0.25) is 9.59 Å². The van der Waals surface area contributed by atoms with Gasteiger partial charge in [-0.05, 0) is 51.4 Å². The van der Waals surface area contributed by atoms with Gasteiger partial charge in [0, 0.05) is 12.8 Å². The monoisotopic (exact) mass is 1210 g/mol. The van der Waals surface area contributed by atoms with E-state index in [4.69, 9.17) is 18.9 Å². The average molecular weight is 1210 g/mol. The number of hydrogen-bond acceptors (Lipinski definition) is 7. The molecule has 0 fully saturated rings. The van der Waals surface area contributed by atoms with Gasteiger partial charge in [0.2, 0.25) is 0 Å². The predicted octanol–water partition coefficient (Wildman–Crippen LogP) is 23.3. The van der Waals surface area contributed by atoms with E-state index in [-0.39, 0.29) is 32.2 Å². The van der Waals surface area contributed by atoms with E-state index in [9.17, 15) is 19.5 Å². The molecule has 9 nitrogen and oxygen atoms in total. The lowest BCUT2D eigenvalue weighted by molar-refractivity contribution is -0.870. The van der Waals surface area contributed by atoms with Gasteiger partial charge in [-0.25, -0.2) is 4.79 Å². The van der Waals surface area contributed by atoms with Crippen molar-refractivity contribution in [3.05, 3.63) is 48.6 Å². The van der Waals surface area contributed by atoms with Crippen molar-refractivity contribution in [3.63, 3.8) is 0 Å². The number of likely N-dealkylation sites (N-methyl/N-ethyl adjacent to an activating group) is 1. The molecule has 9 heteroatoms. The Morgan fingerprint density at radius 2 is 0.663 bits per heavy atom. The highest BCUT2D eigenvalue weighted by Gasteiger charge is 2.25. The second-order valence-electron chi connectivity index (χ2n) is 26.6. The molecule has 0 aromatic carbocycles. The van der Waals surface area contributed by atoms with Crippen LogP contribution in [0.25, 0.3) is 0 Å². The summed E-state index contributed by atoms with van der Waals surface area (Å²) >= 11 is 0. The summed E-state index contributed by atoms with van der Waals surface area (Å²) in [5.41, 5.74) is 0. The number of hydrogen-bond donors (Lipinski definition) is 1. The molecule has 504 valence electrons. The zero-order valence-electron chi connectivity index (χ0n) is 57.7. The Morgan fingerprint density at radius 3 is 0.988 bits per heavy atom. The van der Waals surface area contributed by atoms with Gasteiger partial charge in [0.25, 0.3) is 6.29 Å². The van der Waals surface area contributed by atoms with Gasteiger partial charge in [0.1, 0.15) is 13.2 Å². The van der Waals surface area contributed by atoms with Crippen molar-refractivity contribution in [3.8, 4) is 0 Å². The number of quaternary nitrogens is 1. The quantitative estimate of drug-likeness (QED) is 0.0211. The zero-order valence-corrected chi connectivity index (χ0v) is 57.7. The number of rotatable bonds is 70. The van der Waals surface area contributed by atoms with Crippen molar-refractivity contribution in [2.45, 2.75) is 379 Å². The van der Waals surface area contributed by atoms with Crippen LogP contribution in [-0.2, 0) is 33.3 Å². The first kappa shape index (κ1) is 83.2. The summed E-state index contributed by atoms with van der Waals surface area (Å²) < 4.78 is 23.0. The summed E-state index contributed by atoms with van der Waals surface area (Å²) in [5.74, 6) is -2.00. The normalized spacial score (nSPS) is 12.9. The Bertz CT molecular complexity index is 1550. The fraction of sp³-hybridized carbons (Fsp3) is 0.857. The summed E-state index contributed by atoms with van der Waals surface area (Å²) in [4.78, 5) is 37.6. The summed E-state index contributed by atoms with van der Waals surface area (Å²) in [5, 5.41) is 9.74. The van der Waals surface area contributed by atoms with Gasteiger partial charge in [0.05, 0.1) is 34.4 Å². The van der Waals surface area contributed by atoms with Crippen LogP contribution in [0.5, 0.6) is 0 Å². The van der Waals surface area contributed by atoms with E-state index in [1.807, 2.05) is 21.1 Å². The lowest BCUT2D eigenvalue weighted by Gasteiger charge is -2.25. The number of aliphatic carboxylic acids is 1. The third-order valence-electron chi connectivity index (χ3n) is 16.8. The second-order valence-corrected chi connectivity index (χ2v) is 26.6. The third kappa shape index (κ3) is 68.7. The molecule has 2 atom stereocenters. The highest BCUT2D eigenvalue weighted by Crippen LogP contribution is 2.19. The molecule has 0 saturated carbocycles. The molecule has 0 bridgehead atoms. The van der Waals surface area contributed by atoms with Crippen LogP contribution in [0.2, 0.25) is 0 Å². The van der Waals surface area contributed by atoms with Crippen LogP contribution < -0.4 is 0 Å².